The number of fused-ring (bicyclic) bond motifs is 1. The van der Waals surface area contributed by atoms with E-state index in [4.69, 9.17) is 0 Å². The molecule has 21 heavy (non-hydrogen) atoms. The highest BCUT2D eigenvalue weighted by molar-refractivity contribution is 7.91. The van der Waals surface area contributed by atoms with Crippen LogP contribution in [0.2, 0.25) is 0 Å². The van der Waals surface area contributed by atoms with Crippen LogP contribution in [0.4, 0.5) is 0 Å². The molecule has 1 atom stereocenters. The van der Waals surface area contributed by atoms with E-state index in [-0.39, 0.29) is 17.1 Å². The van der Waals surface area contributed by atoms with Gasteiger partial charge in [0, 0.05) is 31.7 Å². The average molecular weight is 310 g/mol. The molecular weight excluding hydrogens is 292 g/mol. The monoisotopic (exact) mass is 310 g/mol. The van der Waals surface area contributed by atoms with Gasteiger partial charge in [0.25, 0.3) is 0 Å². The summed E-state index contributed by atoms with van der Waals surface area (Å²) in [6, 6.07) is 6.51. The Hall–Kier alpha value is -1.44. The maximum atomic E-state index is 12.2. The van der Waals surface area contributed by atoms with E-state index in [1.807, 2.05) is 4.90 Å². The largest absolute Gasteiger partial charge is 0.480 e. The Balaban J connectivity index is 2.20. The van der Waals surface area contributed by atoms with Gasteiger partial charge in [0.05, 0.1) is 10.6 Å². The van der Waals surface area contributed by atoms with Gasteiger partial charge in [0.1, 0.15) is 5.54 Å². The second-order valence-corrected chi connectivity index (χ2v) is 7.55. The van der Waals surface area contributed by atoms with Gasteiger partial charge in [0.2, 0.25) is 0 Å². The molecule has 2 aliphatic heterocycles. The third kappa shape index (κ3) is 2.16. The highest BCUT2D eigenvalue weighted by Crippen LogP contribution is 2.41. The predicted octanol–water partition coefficient (Wildman–Crippen LogP) is 0.0491. The van der Waals surface area contributed by atoms with Crippen molar-refractivity contribution in [2.45, 2.75) is 16.9 Å². The predicted molar refractivity (Wildman–Crippen MR) is 76.9 cm³/mol. The average Bonchev–Trinajstić information content (AvgIpc) is 2.48. The van der Waals surface area contributed by atoms with Crippen molar-refractivity contribution in [3.8, 4) is 0 Å². The first-order valence-corrected chi connectivity index (χ1v) is 8.65. The molecule has 0 aliphatic carbocycles. The summed E-state index contributed by atoms with van der Waals surface area (Å²) in [5.41, 5.74) is -0.824. The van der Waals surface area contributed by atoms with Gasteiger partial charge < -0.3 is 10.4 Å². The van der Waals surface area contributed by atoms with E-state index in [9.17, 15) is 18.3 Å². The molecular formula is C14H18N2O4S. The van der Waals surface area contributed by atoms with Crippen LogP contribution in [-0.4, -0.2) is 56.3 Å². The summed E-state index contributed by atoms with van der Waals surface area (Å²) in [7, 11) is -3.39. The Labute approximate surface area is 123 Å². The molecule has 1 aromatic carbocycles. The van der Waals surface area contributed by atoms with Gasteiger partial charge in [0.15, 0.2) is 9.84 Å². The molecule has 7 heteroatoms. The van der Waals surface area contributed by atoms with Gasteiger partial charge in [-0.05, 0) is 12.5 Å². The van der Waals surface area contributed by atoms with Gasteiger partial charge >= 0.3 is 5.97 Å². The van der Waals surface area contributed by atoms with Crippen molar-refractivity contribution in [1.29, 1.82) is 0 Å². The first-order valence-electron chi connectivity index (χ1n) is 7.00. The summed E-state index contributed by atoms with van der Waals surface area (Å²) in [6.07, 6.45) is 0.0989. The fourth-order valence-electron chi connectivity index (χ4n) is 3.34. The number of rotatable bonds is 2. The number of nitrogens with zero attached hydrogens (tertiary/aromatic N) is 1. The van der Waals surface area contributed by atoms with Gasteiger partial charge in [-0.25, -0.2) is 13.2 Å². The van der Waals surface area contributed by atoms with Crippen LogP contribution in [0.3, 0.4) is 0 Å². The van der Waals surface area contributed by atoms with E-state index in [1.165, 1.54) is 6.07 Å². The molecule has 1 fully saturated rings. The number of carbonyl (C=O) groups is 1. The van der Waals surface area contributed by atoms with Crippen molar-refractivity contribution < 1.29 is 18.3 Å². The normalized spacial score (nSPS) is 28.8. The molecule has 2 aliphatic rings. The third-order valence-electron chi connectivity index (χ3n) is 4.41. The first kappa shape index (κ1) is 14.5. The highest BCUT2D eigenvalue weighted by Gasteiger charge is 2.51. The standard InChI is InChI=1S/C14H18N2O4S/c17-13(18)14(16-8-6-15-7-9-16)5-10-21(19,20)12-4-2-1-3-11(12)14/h1-4,15H,5-10H2,(H,17,18). The Morgan fingerprint density at radius 2 is 1.90 bits per heavy atom. The lowest BCUT2D eigenvalue weighted by Gasteiger charge is -2.45. The fourth-order valence-corrected chi connectivity index (χ4v) is 4.98. The van der Waals surface area contributed by atoms with Crippen LogP contribution in [0.1, 0.15) is 12.0 Å². The molecule has 114 valence electrons. The Morgan fingerprint density at radius 1 is 1.24 bits per heavy atom. The van der Waals surface area contributed by atoms with Crippen LogP contribution in [0.15, 0.2) is 29.2 Å². The quantitative estimate of drug-likeness (QED) is 0.803. The molecule has 0 bridgehead atoms. The van der Waals surface area contributed by atoms with Crippen molar-refractivity contribution in [2.75, 3.05) is 31.9 Å². The molecule has 2 heterocycles. The number of hydrogen-bond acceptors (Lipinski definition) is 5. The number of benzene rings is 1. The zero-order valence-corrected chi connectivity index (χ0v) is 12.4. The summed E-state index contributed by atoms with van der Waals surface area (Å²) in [4.78, 5) is 14.2. The van der Waals surface area contributed by atoms with E-state index in [0.29, 0.717) is 31.7 Å². The van der Waals surface area contributed by atoms with Crippen molar-refractivity contribution in [3.05, 3.63) is 29.8 Å². The molecule has 0 saturated carbocycles. The molecule has 2 N–H and O–H groups in total. The lowest BCUT2D eigenvalue weighted by atomic mass is 9.84. The van der Waals surface area contributed by atoms with Gasteiger partial charge in [-0.1, -0.05) is 18.2 Å². The van der Waals surface area contributed by atoms with Crippen LogP contribution >= 0.6 is 0 Å². The number of aliphatic carboxylic acids is 1. The second-order valence-electron chi connectivity index (χ2n) is 5.47. The topological polar surface area (TPSA) is 86.7 Å². The molecule has 0 amide bonds. The number of piperazine rings is 1. The molecule has 0 radical (unpaired) electrons. The summed E-state index contributed by atoms with van der Waals surface area (Å²) in [5.74, 6) is -1.09. The maximum Gasteiger partial charge on any atom is 0.328 e. The van der Waals surface area contributed by atoms with E-state index in [1.54, 1.807) is 18.2 Å². The Kier molecular flexibility index (Phi) is 3.51. The number of carboxylic acid groups (broad SMARTS) is 1. The van der Waals surface area contributed by atoms with E-state index < -0.39 is 21.3 Å². The SMILES string of the molecule is O=C(O)C1(N2CCNCC2)CCS(=O)(=O)c2ccccc21. The summed E-state index contributed by atoms with van der Waals surface area (Å²) >= 11 is 0. The van der Waals surface area contributed by atoms with E-state index in [2.05, 4.69) is 5.32 Å². The number of sulfone groups is 1. The van der Waals surface area contributed by atoms with Crippen LogP contribution in [0, 0.1) is 0 Å². The zero-order valence-electron chi connectivity index (χ0n) is 11.6. The minimum absolute atomic E-state index is 0.0989. The maximum absolute atomic E-state index is 12.2. The number of hydrogen-bond donors (Lipinski definition) is 2. The van der Waals surface area contributed by atoms with Crippen molar-refractivity contribution in [3.63, 3.8) is 0 Å². The van der Waals surface area contributed by atoms with Crippen molar-refractivity contribution in [2.24, 2.45) is 0 Å². The first-order chi connectivity index (χ1) is 9.98. The molecule has 6 nitrogen and oxygen atoms in total. The molecule has 0 aromatic heterocycles. The molecule has 1 saturated heterocycles. The Bertz CT molecular complexity index is 667. The van der Waals surface area contributed by atoms with Gasteiger partial charge in [-0.2, -0.15) is 0 Å². The smallest absolute Gasteiger partial charge is 0.328 e. The van der Waals surface area contributed by atoms with Crippen LogP contribution in [-0.2, 0) is 20.2 Å². The minimum Gasteiger partial charge on any atom is -0.480 e. The van der Waals surface area contributed by atoms with Crippen molar-refractivity contribution in [1.82, 2.24) is 10.2 Å². The van der Waals surface area contributed by atoms with Crippen molar-refractivity contribution >= 4 is 15.8 Å². The lowest BCUT2D eigenvalue weighted by molar-refractivity contribution is -0.154. The molecule has 1 unspecified atom stereocenters. The summed E-state index contributed by atoms with van der Waals surface area (Å²) < 4.78 is 24.5. The third-order valence-corrected chi connectivity index (χ3v) is 6.18. The van der Waals surface area contributed by atoms with Gasteiger partial charge in [-0.3, -0.25) is 4.90 Å². The van der Waals surface area contributed by atoms with Gasteiger partial charge in [-0.15, -0.1) is 0 Å². The van der Waals surface area contributed by atoms with Crippen LogP contribution in [0.5, 0.6) is 0 Å². The highest BCUT2D eigenvalue weighted by atomic mass is 32.2. The van der Waals surface area contributed by atoms with E-state index >= 15 is 0 Å². The number of carboxylic acids is 1. The minimum atomic E-state index is -3.39. The van der Waals surface area contributed by atoms with Crippen LogP contribution < -0.4 is 5.32 Å². The Morgan fingerprint density at radius 3 is 2.57 bits per heavy atom. The fraction of sp³-hybridized carbons (Fsp3) is 0.500. The summed E-state index contributed by atoms with van der Waals surface area (Å²) in [5, 5.41) is 13.1. The van der Waals surface area contributed by atoms with Crippen LogP contribution in [0.25, 0.3) is 0 Å². The van der Waals surface area contributed by atoms with E-state index in [0.717, 1.165) is 0 Å². The molecule has 1 aromatic rings. The molecule has 3 rings (SSSR count). The lowest BCUT2D eigenvalue weighted by Crippen LogP contribution is -2.60. The summed E-state index contributed by atoms with van der Waals surface area (Å²) in [6.45, 7) is 2.62. The number of nitrogens with one attached hydrogen (secondary N) is 1. The zero-order chi connectivity index (χ0) is 15.1. The second kappa shape index (κ2) is 5.08. The molecule has 0 spiro atoms.